The van der Waals surface area contributed by atoms with E-state index in [0.29, 0.717) is 5.56 Å². The summed E-state index contributed by atoms with van der Waals surface area (Å²) in [6.07, 6.45) is -0.329. The van der Waals surface area contributed by atoms with E-state index in [4.69, 9.17) is 9.47 Å². The first-order chi connectivity index (χ1) is 13.1. The molecule has 0 aromatic heterocycles. The number of aliphatic hydroxyl groups is 1. The molecule has 160 valence electrons. The fourth-order valence-corrected chi connectivity index (χ4v) is 3.82. The van der Waals surface area contributed by atoms with Crippen LogP contribution in [0, 0.1) is 11.8 Å². The van der Waals surface area contributed by atoms with Gasteiger partial charge in [0.1, 0.15) is 17.1 Å². The molecule has 0 amide bonds. The van der Waals surface area contributed by atoms with Gasteiger partial charge < -0.3 is 14.6 Å². The third-order valence-electron chi connectivity index (χ3n) is 4.77. The van der Waals surface area contributed by atoms with E-state index < -0.39 is 52.3 Å². The zero-order chi connectivity index (χ0) is 22.2. The van der Waals surface area contributed by atoms with Crippen LogP contribution in [0.25, 0.3) is 0 Å². The molecule has 29 heavy (non-hydrogen) atoms. The maximum absolute atomic E-state index is 13.1. The molecule has 1 aromatic rings. The number of Topliss-reactive ketones (excluding diaryl/α,β-unsaturated/α-hetero) is 1. The van der Waals surface area contributed by atoms with Gasteiger partial charge in [-0.25, -0.2) is 0 Å². The van der Waals surface area contributed by atoms with Crippen molar-refractivity contribution in [3.8, 4) is 0 Å². The van der Waals surface area contributed by atoms with Gasteiger partial charge in [0.15, 0.2) is 5.78 Å². The largest absolute Gasteiger partial charge is 0.460 e. The Bertz CT molecular complexity index is 767. The fraction of sp³-hybridized carbons (Fsp3) is 0.609. The van der Waals surface area contributed by atoms with Crippen molar-refractivity contribution in [1.29, 1.82) is 0 Å². The van der Waals surface area contributed by atoms with Crippen LogP contribution in [0.3, 0.4) is 0 Å². The van der Waals surface area contributed by atoms with Crippen molar-refractivity contribution in [2.75, 3.05) is 0 Å². The van der Waals surface area contributed by atoms with Crippen molar-refractivity contribution < 1.29 is 29.0 Å². The number of hydrogen-bond acceptors (Lipinski definition) is 6. The van der Waals surface area contributed by atoms with Gasteiger partial charge in [0.2, 0.25) is 0 Å². The van der Waals surface area contributed by atoms with Gasteiger partial charge in [0, 0.05) is 12.3 Å². The number of ether oxygens (including phenoxy) is 2. The second-order valence-corrected chi connectivity index (χ2v) is 9.96. The molecule has 4 atom stereocenters. The van der Waals surface area contributed by atoms with Gasteiger partial charge in [-0.2, -0.15) is 0 Å². The quantitative estimate of drug-likeness (QED) is 0.613. The van der Waals surface area contributed by atoms with Crippen molar-refractivity contribution in [2.24, 2.45) is 11.8 Å². The van der Waals surface area contributed by atoms with Crippen LogP contribution in [0.5, 0.6) is 0 Å². The monoisotopic (exact) mass is 404 g/mol. The molecule has 6 heteroatoms. The first-order valence-electron chi connectivity index (χ1n) is 9.88. The minimum atomic E-state index is -1.65. The molecule has 6 nitrogen and oxygen atoms in total. The molecule has 1 aromatic carbocycles. The maximum Gasteiger partial charge on any atom is 0.317 e. The Morgan fingerprint density at radius 2 is 1.45 bits per heavy atom. The molecule has 1 N–H and O–H groups in total. The van der Waals surface area contributed by atoms with Crippen molar-refractivity contribution in [2.45, 2.75) is 77.6 Å². The topological polar surface area (TPSA) is 89.9 Å². The third kappa shape index (κ3) is 5.66. The second kappa shape index (κ2) is 7.90. The van der Waals surface area contributed by atoms with Gasteiger partial charge in [0.05, 0.1) is 11.5 Å². The Morgan fingerprint density at radius 1 is 0.966 bits per heavy atom. The summed E-state index contributed by atoms with van der Waals surface area (Å²) in [5.41, 5.74) is -2.62. The van der Waals surface area contributed by atoms with Gasteiger partial charge in [-0.1, -0.05) is 30.3 Å². The Balaban J connectivity index is 2.59. The standard InChI is InChI=1S/C23H32O6/c1-21(2,3)28-19(25)17-15(24)13-23(7,27)18(20(26)29-22(4,5)6)16(17)14-11-9-8-10-12-14/h8-12,16-18,27H,13H2,1-7H3/t16-,17+,18-,23-/m0/s1. The van der Waals surface area contributed by atoms with E-state index in [1.807, 2.05) is 0 Å². The van der Waals surface area contributed by atoms with Crippen LogP contribution in [0.2, 0.25) is 0 Å². The number of carbonyl (C=O) groups is 3. The molecule has 0 aliphatic heterocycles. The maximum atomic E-state index is 13.1. The fourth-order valence-electron chi connectivity index (χ4n) is 3.82. The zero-order valence-electron chi connectivity index (χ0n) is 18.3. The van der Waals surface area contributed by atoms with Gasteiger partial charge in [0.25, 0.3) is 0 Å². The molecule has 0 heterocycles. The Hall–Kier alpha value is -2.21. The summed E-state index contributed by atoms with van der Waals surface area (Å²) in [5.74, 6) is -4.97. The van der Waals surface area contributed by atoms with Crippen molar-refractivity contribution in [3.63, 3.8) is 0 Å². The predicted molar refractivity (Wildman–Crippen MR) is 108 cm³/mol. The average Bonchev–Trinajstić information content (AvgIpc) is 2.50. The highest BCUT2D eigenvalue weighted by Crippen LogP contribution is 2.47. The van der Waals surface area contributed by atoms with Crippen LogP contribution in [-0.2, 0) is 23.9 Å². The predicted octanol–water partition coefficient (Wildman–Crippen LogP) is 3.41. The van der Waals surface area contributed by atoms with Crippen LogP contribution in [0.15, 0.2) is 30.3 Å². The molecule has 0 bridgehead atoms. The average molecular weight is 405 g/mol. The molecular formula is C23H32O6. The Kier molecular flexibility index (Phi) is 6.29. The lowest BCUT2D eigenvalue weighted by atomic mass is 9.61. The molecule has 1 aliphatic carbocycles. The van der Waals surface area contributed by atoms with E-state index in [-0.39, 0.29) is 6.42 Å². The third-order valence-corrected chi connectivity index (χ3v) is 4.77. The van der Waals surface area contributed by atoms with Crippen molar-refractivity contribution in [1.82, 2.24) is 0 Å². The van der Waals surface area contributed by atoms with E-state index in [1.54, 1.807) is 71.9 Å². The van der Waals surface area contributed by atoms with E-state index in [1.165, 1.54) is 6.92 Å². The van der Waals surface area contributed by atoms with Gasteiger partial charge in [-0.15, -0.1) is 0 Å². The van der Waals surface area contributed by atoms with E-state index >= 15 is 0 Å². The number of ketones is 1. The number of carbonyl (C=O) groups excluding carboxylic acids is 3. The van der Waals surface area contributed by atoms with E-state index in [2.05, 4.69) is 0 Å². The summed E-state index contributed by atoms with van der Waals surface area (Å²) in [5, 5.41) is 11.1. The number of rotatable bonds is 3. The van der Waals surface area contributed by atoms with Crippen LogP contribution in [0.1, 0.15) is 66.4 Å². The number of esters is 2. The first kappa shape index (κ1) is 23.1. The summed E-state index contributed by atoms with van der Waals surface area (Å²) < 4.78 is 11.1. The second-order valence-electron chi connectivity index (χ2n) is 9.96. The lowest BCUT2D eigenvalue weighted by Crippen LogP contribution is -2.56. The molecule has 1 fully saturated rings. The highest BCUT2D eigenvalue weighted by molar-refractivity contribution is 6.03. The van der Waals surface area contributed by atoms with Crippen molar-refractivity contribution in [3.05, 3.63) is 35.9 Å². The normalized spacial score (nSPS) is 28.0. The summed E-state index contributed by atoms with van der Waals surface area (Å²) in [7, 11) is 0. The molecule has 1 saturated carbocycles. The molecule has 0 spiro atoms. The highest BCUT2D eigenvalue weighted by atomic mass is 16.6. The molecule has 2 rings (SSSR count). The molecule has 0 unspecified atom stereocenters. The van der Waals surface area contributed by atoms with Crippen LogP contribution in [0.4, 0.5) is 0 Å². The van der Waals surface area contributed by atoms with E-state index in [0.717, 1.165) is 0 Å². The Morgan fingerprint density at radius 3 is 1.93 bits per heavy atom. The number of benzene rings is 1. The smallest absolute Gasteiger partial charge is 0.317 e. The van der Waals surface area contributed by atoms with Gasteiger partial charge in [-0.3, -0.25) is 14.4 Å². The highest BCUT2D eigenvalue weighted by Gasteiger charge is 2.57. The zero-order valence-corrected chi connectivity index (χ0v) is 18.3. The molecular weight excluding hydrogens is 372 g/mol. The minimum absolute atomic E-state index is 0.329. The number of hydrogen-bond donors (Lipinski definition) is 1. The van der Waals surface area contributed by atoms with Crippen LogP contribution < -0.4 is 0 Å². The minimum Gasteiger partial charge on any atom is -0.460 e. The first-order valence-corrected chi connectivity index (χ1v) is 9.88. The summed E-state index contributed by atoms with van der Waals surface area (Å²) >= 11 is 0. The van der Waals surface area contributed by atoms with Gasteiger partial charge in [-0.05, 0) is 54.0 Å². The van der Waals surface area contributed by atoms with E-state index in [9.17, 15) is 19.5 Å². The lowest BCUT2D eigenvalue weighted by Gasteiger charge is -2.44. The van der Waals surface area contributed by atoms with Gasteiger partial charge >= 0.3 is 11.9 Å². The lowest BCUT2D eigenvalue weighted by molar-refractivity contribution is -0.182. The molecule has 0 radical (unpaired) electrons. The Labute approximate surface area is 172 Å². The van der Waals surface area contributed by atoms with Crippen molar-refractivity contribution >= 4 is 17.7 Å². The summed E-state index contributed by atoms with van der Waals surface area (Å²) in [4.78, 5) is 39.1. The summed E-state index contributed by atoms with van der Waals surface area (Å²) in [6.45, 7) is 11.8. The summed E-state index contributed by atoms with van der Waals surface area (Å²) in [6, 6.07) is 8.82. The molecule has 1 aliphatic rings. The SMILES string of the molecule is CC(C)(C)OC(=O)[C@@H]1C(=O)C[C@](C)(O)[C@H](C(=O)OC(C)(C)C)[C@H]1c1ccccc1. The van der Waals surface area contributed by atoms with Crippen LogP contribution in [-0.4, -0.2) is 39.6 Å². The van der Waals surface area contributed by atoms with Crippen LogP contribution >= 0.6 is 0 Å². The molecule has 0 saturated heterocycles.